The van der Waals surface area contributed by atoms with E-state index in [1.807, 2.05) is 36.5 Å². The third-order valence-electron chi connectivity index (χ3n) is 7.36. The maximum absolute atomic E-state index is 13.5. The number of carbonyl (C=O) groups excluding carboxylic acids is 1. The molecule has 3 atom stereocenters. The highest BCUT2D eigenvalue weighted by atomic mass is 19.1. The lowest BCUT2D eigenvalue weighted by Crippen LogP contribution is -2.51. The molecule has 0 spiro atoms. The topological polar surface area (TPSA) is 59.8 Å². The molecule has 7 nitrogen and oxygen atoms in total. The minimum atomic E-state index is -0.503. The van der Waals surface area contributed by atoms with Gasteiger partial charge in [0.25, 0.3) is 0 Å². The first kappa shape index (κ1) is 23.3. The second-order valence-electron chi connectivity index (χ2n) is 10.8. The largest absolute Gasteiger partial charge is 0.444 e. The van der Waals surface area contributed by atoms with Gasteiger partial charge in [0.1, 0.15) is 11.4 Å². The van der Waals surface area contributed by atoms with Gasteiger partial charge in [-0.05, 0) is 75.3 Å². The minimum Gasteiger partial charge on any atom is -0.444 e. The third kappa shape index (κ3) is 4.84. The van der Waals surface area contributed by atoms with Crippen molar-refractivity contribution in [3.63, 3.8) is 0 Å². The molecule has 0 bridgehead atoms. The van der Waals surface area contributed by atoms with Crippen LogP contribution in [0.2, 0.25) is 0 Å². The first-order valence-corrected chi connectivity index (χ1v) is 12.4. The summed E-state index contributed by atoms with van der Waals surface area (Å²) in [6, 6.07) is 6.55. The van der Waals surface area contributed by atoms with Crippen LogP contribution in [0.5, 0.6) is 0 Å². The molecule has 5 rings (SSSR count). The first-order chi connectivity index (χ1) is 16.3. The van der Waals surface area contributed by atoms with Crippen molar-refractivity contribution in [2.45, 2.75) is 45.1 Å². The summed E-state index contributed by atoms with van der Waals surface area (Å²) in [6.45, 7) is 11.4. The second-order valence-corrected chi connectivity index (χ2v) is 10.8. The van der Waals surface area contributed by atoms with Crippen LogP contribution < -0.4 is 0 Å². The van der Waals surface area contributed by atoms with E-state index in [0.29, 0.717) is 24.9 Å². The molecule has 1 aliphatic carbocycles. The Bertz CT molecular complexity index is 1010. The van der Waals surface area contributed by atoms with E-state index in [2.05, 4.69) is 4.90 Å². The molecule has 3 aliphatic rings. The van der Waals surface area contributed by atoms with E-state index in [9.17, 15) is 9.18 Å². The van der Waals surface area contributed by atoms with Gasteiger partial charge in [0.15, 0.2) is 0 Å². The molecule has 2 aromatic rings. The highest BCUT2D eigenvalue weighted by Gasteiger charge is 2.44. The quantitative estimate of drug-likeness (QED) is 0.682. The third-order valence-corrected chi connectivity index (χ3v) is 7.36. The van der Waals surface area contributed by atoms with Crippen molar-refractivity contribution < 1.29 is 18.7 Å². The summed E-state index contributed by atoms with van der Waals surface area (Å²) in [5.41, 5.74) is 2.86. The molecule has 2 fully saturated rings. The molecular weight excluding hydrogens is 435 g/mol. The van der Waals surface area contributed by atoms with Crippen molar-refractivity contribution in [3.05, 3.63) is 47.5 Å². The molecule has 34 heavy (non-hydrogen) atoms. The number of halogens is 1. The van der Waals surface area contributed by atoms with E-state index in [0.717, 1.165) is 51.4 Å². The molecule has 3 heterocycles. The van der Waals surface area contributed by atoms with Crippen LogP contribution in [0.3, 0.4) is 0 Å². The Morgan fingerprint density at radius 2 is 1.91 bits per heavy atom. The Labute approximate surface area is 200 Å². The number of hydrogen-bond donors (Lipinski definition) is 0. The van der Waals surface area contributed by atoms with Crippen molar-refractivity contribution in [3.8, 4) is 5.69 Å². The molecule has 1 unspecified atom stereocenters. The van der Waals surface area contributed by atoms with Crippen molar-refractivity contribution in [1.82, 2.24) is 19.6 Å². The van der Waals surface area contributed by atoms with Crippen molar-refractivity contribution in [2.24, 2.45) is 11.8 Å². The van der Waals surface area contributed by atoms with E-state index in [1.165, 1.54) is 23.4 Å². The van der Waals surface area contributed by atoms with Crippen LogP contribution in [0.15, 0.2) is 30.5 Å². The lowest BCUT2D eigenvalue weighted by atomic mass is 9.67. The summed E-state index contributed by atoms with van der Waals surface area (Å²) < 4.78 is 26.8. The number of rotatable bonds is 3. The van der Waals surface area contributed by atoms with Gasteiger partial charge in [0, 0.05) is 44.3 Å². The van der Waals surface area contributed by atoms with Gasteiger partial charge in [-0.3, -0.25) is 4.90 Å². The van der Waals surface area contributed by atoms with Gasteiger partial charge in [-0.1, -0.05) is 0 Å². The zero-order valence-corrected chi connectivity index (χ0v) is 20.4. The van der Waals surface area contributed by atoms with Gasteiger partial charge in [-0.2, -0.15) is 5.10 Å². The number of piperidine rings is 1. The standard InChI is InChI=1S/C26H35FN4O3/c1-26(2,3)34-25(32)30-9-8-18-14-24-21(15-28-31(24)20-6-4-19(27)5-7-20)23(22(18)17-30)16-29-10-12-33-13-11-29/h4-7,15,18,22-23H,8-14,16-17H2,1-3H3/t18-,22-,23?/m0/s1. The Morgan fingerprint density at radius 3 is 2.62 bits per heavy atom. The number of ether oxygens (including phenoxy) is 2. The molecule has 1 amide bonds. The van der Waals surface area contributed by atoms with Crippen LogP contribution in [0.25, 0.3) is 5.69 Å². The summed E-state index contributed by atoms with van der Waals surface area (Å²) in [4.78, 5) is 17.2. The van der Waals surface area contributed by atoms with Gasteiger partial charge < -0.3 is 14.4 Å². The van der Waals surface area contributed by atoms with Crippen molar-refractivity contribution in [2.75, 3.05) is 45.9 Å². The first-order valence-electron chi connectivity index (χ1n) is 12.4. The molecule has 1 aromatic heterocycles. The number of likely N-dealkylation sites (tertiary alicyclic amines) is 1. The van der Waals surface area contributed by atoms with Gasteiger partial charge in [0.2, 0.25) is 0 Å². The van der Waals surface area contributed by atoms with Gasteiger partial charge in [-0.25, -0.2) is 13.9 Å². The monoisotopic (exact) mass is 470 g/mol. The van der Waals surface area contributed by atoms with Crippen LogP contribution in [0, 0.1) is 17.7 Å². The molecule has 2 saturated heterocycles. The van der Waals surface area contributed by atoms with E-state index < -0.39 is 5.60 Å². The minimum absolute atomic E-state index is 0.219. The summed E-state index contributed by atoms with van der Waals surface area (Å²) in [5.74, 6) is 0.839. The molecule has 184 valence electrons. The predicted octanol–water partition coefficient (Wildman–Crippen LogP) is 3.86. The number of fused-ring (bicyclic) bond motifs is 2. The summed E-state index contributed by atoms with van der Waals surface area (Å²) in [7, 11) is 0. The average molecular weight is 471 g/mol. The smallest absolute Gasteiger partial charge is 0.410 e. The van der Waals surface area contributed by atoms with Crippen LogP contribution in [-0.2, 0) is 15.9 Å². The molecule has 0 radical (unpaired) electrons. The molecule has 0 N–H and O–H groups in total. The highest BCUT2D eigenvalue weighted by molar-refractivity contribution is 5.68. The Kier molecular flexibility index (Phi) is 6.37. The lowest BCUT2D eigenvalue weighted by Gasteiger charge is -2.46. The van der Waals surface area contributed by atoms with E-state index in [4.69, 9.17) is 14.6 Å². The number of benzene rings is 1. The van der Waals surface area contributed by atoms with E-state index in [1.54, 1.807) is 12.1 Å². The van der Waals surface area contributed by atoms with Crippen LogP contribution in [0.4, 0.5) is 9.18 Å². The Morgan fingerprint density at radius 1 is 1.18 bits per heavy atom. The molecular formula is C26H35FN4O3. The molecule has 0 saturated carbocycles. The molecule has 2 aliphatic heterocycles. The average Bonchev–Trinajstić information content (AvgIpc) is 3.22. The Balaban J connectivity index is 1.44. The van der Waals surface area contributed by atoms with Crippen LogP contribution in [-0.4, -0.2) is 77.2 Å². The van der Waals surface area contributed by atoms with Gasteiger partial charge >= 0.3 is 6.09 Å². The van der Waals surface area contributed by atoms with Crippen LogP contribution in [0.1, 0.15) is 44.4 Å². The fraction of sp³-hybridized carbons (Fsp3) is 0.615. The summed E-state index contributed by atoms with van der Waals surface area (Å²) >= 11 is 0. The number of morpholine rings is 1. The maximum Gasteiger partial charge on any atom is 0.410 e. The maximum atomic E-state index is 13.5. The number of aromatic nitrogens is 2. The predicted molar refractivity (Wildman–Crippen MR) is 127 cm³/mol. The zero-order chi connectivity index (χ0) is 23.9. The Hall–Kier alpha value is -2.45. The molecule has 1 aromatic carbocycles. The fourth-order valence-corrected chi connectivity index (χ4v) is 5.71. The van der Waals surface area contributed by atoms with E-state index in [-0.39, 0.29) is 17.8 Å². The normalized spacial score (nSPS) is 25.5. The van der Waals surface area contributed by atoms with Gasteiger partial charge in [-0.15, -0.1) is 0 Å². The van der Waals surface area contributed by atoms with Crippen LogP contribution >= 0.6 is 0 Å². The second kappa shape index (κ2) is 9.30. The van der Waals surface area contributed by atoms with Crippen molar-refractivity contribution >= 4 is 6.09 Å². The number of carbonyl (C=O) groups is 1. The highest BCUT2D eigenvalue weighted by Crippen LogP contribution is 2.45. The fourth-order valence-electron chi connectivity index (χ4n) is 5.71. The number of hydrogen-bond acceptors (Lipinski definition) is 5. The van der Waals surface area contributed by atoms with Gasteiger partial charge in [0.05, 0.1) is 25.1 Å². The SMILES string of the molecule is CC(C)(C)OC(=O)N1CC[C@H]2Cc3c(cnn3-c3ccc(F)cc3)C(CN3CCOCC3)[C@H]2C1. The zero-order valence-electron chi connectivity index (χ0n) is 20.4. The number of amides is 1. The van der Waals surface area contributed by atoms with Crippen molar-refractivity contribution in [1.29, 1.82) is 0 Å². The summed E-state index contributed by atoms with van der Waals surface area (Å²) in [5, 5.41) is 4.75. The lowest BCUT2D eigenvalue weighted by molar-refractivity contribution is -0.000934. The molecule has 8 heteroatoms. The summed E-state index contributed by atoms with van der Waals surface area (Å²) in [6.07, 6.45) is 3.63. The van der Waals surface area contributed by atoms with E-state index >= 15 is 0 Å². The number of nitrogens with zero attached hydrogens (tertiary/aromatic N) is 4.